The Labute approximate surface area is 96.6 Å². The third-order valence-corrected chi connectivity index (χ3v) is 3.60. The van der Waals surface area contributed by atoms with Crippen LogP contribution in [0.2, 0.25) is 0 Å². The van der Waals surface area contributed by atoms with Crippen LogP contribution in [0.5, 0.6) is 0 Å². The zero-order valence-corrected chi connectivity index (χ0v) is 10.2. The second-order valence-electron chi connectivity index (χ2n) is 4.70. The Morgan fingerprint density at radius 2 is 2.00 bits per heavy atom. The fourth-order valence-corrected chi connectivity index (χ4v) is 2.25. The topological polar surface area (TPSA) is 26.3 Å². The summed E-state index contributed by atoms with van der Waals surface area (Å²) in [7, 11) is 1.64. The Morgan fingerprint density at radius 3 is 2.50 bits per heavy atom. The molecule has 0 aromatic heterocycles. The molecule has 1 aromatic rings. The zero-order chi connectivity index (χ0) is 11.8. The van der Waals surface area contributed by atoms with Gasteiger partial charge < -0.3 is 4.74 Å². The van der Waals surface area contributed by atoms with Crippen LogP contribution in [0.3, 0.4) is 0 Å². The smallest absolute Gasteiger partial charge is 0.194 e. The molecule has 0 heterocycles. The van der Waals surface area contributed by atoms with E-state index < -0.39 is 5.60 Å². The molecule has 0 spiro atoms. The molecule has 1 aliphatic carbocycles. The minimum absolute atomic E-state index is 0.155. The van der Waals surface area contributed by atoms with Gasteiger partial charge in [0, 0.05) is 12.7 Å². The highest BCUT2D eigenvalue weighted by Gasteiger charge is 2.44. The Bertz CT molecular complexity index is 411. The Kier molecular flexibility index (Phi) is 2.85. The lowest BCUT2D eigenvalue weighted by molar-refractivity contribution is -0.0448. The molecular formula is C14H18O2. The number of hydrogen-bond acceptors (Lipinski definition) is 2. The van der Waals surface area contributed by atoms with Crippen molar-refractivity contribution in [3.63, 3.8) is 0 Å². The van der Waals surface area contributed by atoms with Crippen molar-refractivity contribution in [2.75, 3.05) is 7.11 Å². The van der Waals surface area contributed by atoms with E-state index in [0.717, 1.165) is 36.0 Å². The molecule has 1 saturated carbocycles. The van der Waals surface area contributed by atoms with Crippen LogP contribution in [0, 0.1) is 13.8 Å². The first-order chi connectivity index (χ1) is 7.59. The number of ether oxygens (including phenoxy) is 1. The molecule has 0 atom stereocenters. The van der Waals surface area contributed by atoms with E-state index in [1.54, 1.807) is 7.11 Å². The number of aryl methyl sites for hydroxylation is 2. The summed E-state index contributed by atoms with van der Waals surface area (Å²) in [6.45, 7) is 3.99. The number of methoxy groups -OCH3 is 1. The van der Waals surface area contributed by atoms with E-state index in [1.165, 1.54) is 0 Å². The molecule has 86 valence electrons. The molecule has 0 unspecified atom stereocenters. The number of carbonyl (C=O) groups is 1. The first kappa shape index (κ1) is 11.3. The first-order valence-electron chi connectivity index (χ1n) is 5.76. The summed E-state index contributed by atoms with van der Waals surface area (Å²) in [5, 5.41) is 0. The summed E-state index contributed by atoms with van der Waals surface area (Å²) in [6, 6.07) is 6.01. The lowest BCUT2D eigenvalue weighted by Crippen LogP contribution is -2.47. The molecular weight excluding hydrogens is 200 g/mol. The fourth-order valence-electron chi connectivity index (χ4n) is 2.25. The number of benzene rings is 1. The van der Waals surface area contributed by atoms with Gasteiger partial charge in [-0.05, 0) is 44.7 Å². The third kappa shape index (κ3) is 1.67. The van der Waals surface area contributed by atoms with Crippen LogP contribution in [-0.2, 0) is 4.74 Å². The molecule has 1 fully saturated rings. The van der Waals surface area contributed by atoms with Gasteiger partial charge in [-0.15, -0.1) is 0 Å². The van der Waals surface area contributed by atoms with Crippen molar-refractivity contribution in [3.8, 4) is 0 Å². The maximum absolute atomic E-state index is 12.4. The minimum Gasteiger partial charge on any atom is -0.370 e. The Hall–Kier alpha value is -1.15. The lowest BCUT2D eigenvalue weighted by atomic mass is 9.74. The highest BCUT2D eigenvalue weighted by molar-refractivity contribution is 6.04. The van der Waals surface area contributed by atoms with E-state index in [-0.39, 0.29) is 5.78 Å². The van der Waals surface area contributed by atoms with Crippen molar-refractivity contribution >= 4 is 5.78 Å². The van der Waals surface area contributed by atoms with Crippen LogP contribution in [0.4, 0.5) is 0 Å². The zero-order valence-electron chi connectivity index (χ0n) is 10.2. The average molecular weight is 218 g/mol. The minimum atomic E-state index is -0.529. The molecule has 16 heavy (non-hydrogen) atoms. The number of hydrogen-bond donors (Lipinski definition) is 0. The molecule has 1 aromatic carbocycles. The van der Waals surface area contributed by atoms with E-state index in [0.29, 0.717) is 0 Å². The molecule has 0 aliphatic heterocycles. The molecule has 2 heteroatoms. The second kappa shape index (κ2) is 4.02. The Morgan fingerprint density at radius 1 is 1.31 bits per heavy atom. The SMILES string of the molecule is COC1(C(=O)c2cc(C)ccc2C)CCC1. The predicted octanol–water partition coefficient (Wildman–Crippen LogP) is 3.06. The molecule has 0 N–H and O–H groups in total. The predicted molar refractivity (Wildman–Crippen MR) is 63.8 cm³/mol. The van der Waals surface area contributed by atoms with Gasteiger partial charge in [-0.2, -0.15) is 0 Å². The van der Waals surface area contributed by atoms with Crippen LogP contribution in [-0.4, -0.2) is 18.5 Å². The van der Waals surface area contributed by atoms with Crippen molar-refractivity contribution in [2.45, 2.75) is 38.7 Å². The average Bonchev–Trinajstić information content (AvgIpc) is 2.21. The number of ketones is 1. The maximum Gasteiger partial charge on any atom is 0.194 e. The fraction of sp³-hybridized carbons (Fsp3) is 0.500. The van der Waals surface area contributed by atoms with Crippen molar-refractivity contribution in [1.82, 2.24) is 0 Å². The van der Waals surface area contributed by atoms with Gasteiger partial charge in [-0.3, -0.25) is 4.79 Å². The summed E-state index contributed by atoms with van der Waals surface area (Å²) in [5.74, 6) is 0.155. The Balaban J connectivity index is 2.37. The molecule has 0 bridgehead atoms. The van der Waals surface area contributed by atoms with Gasteiger partial charge in [0.1, 0.15) is 5.60 Å². The van der Waals surface area contributed by atoms with Gasteiger partial charge in [0.15, 0.2) is 5.78 Å². The van der Waals surface area contributed by atoms with Gasteiger partial charge in [0.2, 0.25) is 0 Å². The maximum atomic E-state index is 12.4. The van der Waals surface area contributed by atoms with E-state index in [2.05, 4.69) is 0 Å². The van der Waals surface area contributed by atoms with Crippen LogP contribution >= 0.6 is 0 Å². The van der Waals surface area contributed by atoms with E-state index in [1.807, 2.05) is 32.0 Å². The molecule has 0 saturated heterocycles. The second-order valence-corrected chi connectivity index (χ2v) is 4.70. The van der Waals surface area contributed by atoms with Gasteiger partial charge in [-0.1, -0.05) is 17.7 Å². The largest absolute Gasteiger partial charge is 0.370 e. The number of rotatable bonds is 3. The van der Waals surface area contributed by atoms with Gasteiger partial charge in [-0.25, -0.2) is 0 Å². The summed E-state index contributed by atoms with van der Waals surface area (Å²) >= 11 is 0. The third-order valence-electron chi connectivity index (χ3n) is 3.60. The van der Waals surface area contributed by atoms with Crippen LogP contribution < -0.4 is 0 Å². The summed E-state index contributed by atoms with van der Waals surface area (Å²) in [6.07, 6.45) is 2.80. The molecule has 2 rings (SSSR count). The number of carbonyl (C=O) groups excluding carboxylic acids is 1. The summed E-state index contributed by atoms with van der Waals surface area (Å²) < 4.78 is 5.44. The van der Waals surface area contributed by atoms with E-state index >= 15 is 0 Å². The van der Waals surface area contributed by atoms with Gasteiger partial charge in [0.05, 0.1) is 0 Å². The highest BCUT2D eigenvalue weighted by Crippen LogP contribution is 2.38. The standard InChI is InChI=1S/C14H18O2/c1-10-5-6-11(2)12(9-10)13(15)14(16-3)7-4-8-14/h5-6,9H,4,7-8H2,1-3H3. The normalized spacial score (nSPS) is 17.9. The van der Waals surface area contributed by atoms with Crippen molar-refractivity contribution in [2.24, 2.45) is 0 Å². The van der Waals surface area contributed by atoms with Crippen LogP contribution in [0.25, 0.3) is 0 Å². The van der Waals surface area contributed by atoms with Crippen molar-refractivity contribution < 1.29 is 9.53 Å². The van der Waals surface area contributed by atoms with E-state index in [9.17, 15) is 4.79 Å². The lowest BCUT2D eigenvalue weighted by Gasteiger charge is -2.39. The van der Waals surface area contributed by atoms with Gasteiger partial charge >= 0.3 is 0 Å². The van der Waals surface area contributed by atoms with Crippen LogP contribution in [0.1, 0.15) is 40.7 Å². The van der Waals surface area contributed by atoms with Crippen molar-refractivity contribution in [3.05, 3.63) is 34.9 Å². The first-order valence-corrected chi connectivity index (χ1v) is 5.76. The number of Topliss-reactive ketones (excluding diaryl/α,β-unsaturated/α-hetero) is 1. The summed E-state index contributed by atoms with van der Waals surface area (Å²) in [5.41, 5.74) is 2.46. The molecule has 1 aliphatic rings. The van der Waals surface area contributed by atoms with Crippen molar-refractivity contribution in [1.29, 1.82) is 0 Å². The quantitative estimate of drug-likeness (QED) is 0.729. The van der Waals surface area contributed by atoms with Crippen LogP contribution in [0.15, 0.2) is 18.2 Å². The summed E-state index contributed by atoms with van der Waals surface area (Å²) in [4.78, 5) is 12.4. The molecule has 0 amide bonds. The van der Waals surface area contributed by atoms with E-state index in [4.69, 9.17) is 4.74 Å². The monoisotopic (exact) mass is 218 g/mol. The molecule has 0 radical (unpaired) electrons. The highest BCUT2D eigenvalue weighted by atomic mass is 16.5. The molecule has 2 nitrogen and oxygen atoms in total. The van der Waals surface area contributed by atoms with Gasteiger partial charge in [0.25, 0.3) is 0 Å².